The molecular formula is C33H36ClN3O6. The molecule has 2 unspecified atom stereocenters. The molecule has 0 aliphatic rings. The van der Waals surface area contributed by atoms with Gasteiger partial charge in [-0.25, -0.2) is 4.79 Å². The summed E-state index contributed by atoms with van der Waals surface area (Å²) in [5, 5.41) is 18.4. The SMILES string of the molecule is O=CCCC(NC(=O)C(Cc1ccccc1)NC(=O)c1ccc(Cl)cc1OCC=CCNCCc1ccccc1)C(=O)O. The molecule has 0 saturated carbocycles. The van der Waals surface area contributed by atoms with Gasteiger partial charge in [0.05, 0.1) is 5.56 Å². The Bertz CT molecular complexity index is 1370. The van der Waals surface area contributed by atoms with E-state index in [1.165, 1.54) is 17.7 Å². The summed E-state index contributed by atoms with van der Waals surface area (Å²) in [5.41, 5.74) is 2.19. The number of ether oxygens (including phenoxy) is 1. The summed E-state index contributed by atoms with van der Waals surface area (Å²) < 4.78 is 5.84. The molecular weight excluding hydrogens is 570 g/mol. The molecule has 0 aliphatic heterocycles. The van der Waals surface area contributed by atoms with Gasteiger partial charge in [0, 0.05) is 24.4 Å². The molecule has 43 heavy (non-hydrogen) atoms. The maximum atomic E-state index is 13.4. The number of nitrogens with one attached hydrogen (secondary N) is 3. The van der Waals surface area contributed by atoms with Crippen LogP contribution in [0.2, 0.25) is 5.02 Å². The highest BCUT2D eigenvalue weighted by molar-refractivity contribution is 6.30. The fourth-order valence-electron chi connectivity index (χ4n) is 4.21. The Morgan fingerprint density at radius 1 is 0.884 bits per heavy atom. The Morgan fingerprint density at radius 3 is 2.26 bits per heavy atom. The number of halogens is 1. The number of aldehydes is 1. The molecule has 0 saturated heterocycles. The molecule has 0 spiro atoms. The molecule has 4 N–H and O–H groups in total. The van der Waals surface area contributed by atoms with Crippen molar-refractivity contribution in [1.29, 1.82) is 0 Å². The van der Waals surface area contributed by atoms with E-state index >= 15 is 0 Å². The highest BCUT2D eigenvalue weighted by atomic mass is 35.5. The molecule has 226 valence electrons. The van der Waals surface area contributed by atoms with E-state index in [-0.39, 0.29) is 37.2 Å². The topological polar surface area (TPSA) is 134 Å². The van der Waals surface area contributed by atoms with E-state index in [1.807, 2.05) is 36.4 Å². The van der Waals surface area contributed by atoms with Gasteiger partial charge in [0.15, 0.2) is 0 Å². The lowest BCUT2D eigenvalue weighted by molar-refractivity contribution is -0.142. The van der Waals surface area contributed by atoms with Crippen LogP contribution in [0.4, 0.5) is 0 Å². The third-order valence-electron chi connectivity index (χ3n) is 6.48. The molecule has 0 fully saturated rings. The second-order valence-electron chi connectivity index (χ2n) is 9.72. The summed E-state index contributed by atoms with van der Waals surface area (Å²) in [4.78, 5) is 49.0. The van der Waals surface area contributed by atoms with Crippen molar-refractivity contribution in [3.8, 4) is 5.75 Å². The third-order valence-corrected chi connectivity index (χ3v) is 6.71. The molecule has 3 rings (SSSR count). The van der Waals surface area contributed by atoms with Gasteiger partial charge in [0.25, 0.3) is 5.91 Å². The average Bonchev–Trinajstić information content (AvgIpc) is 3.01. The van der Waals surface area contributed by atoms with E-state index in [4.69, 9.17) is 16.3 Å². The minimum Gasteiger partial charge on any atom is -0.489 e. The number of benzene rings is 3. The number of aliphatic carboxylic acids is 1. The number of carbonyl (C=O) groups is 4. The highest BCUT2D eigenvalue weighted by Crippen LogP contribution is 2.24. The molecule has 0 aromatic heterocycles. The van der Waals surface area contributed by atoms with Gasteiger partial charge < -0.3 is 30.6 Å². The molecule has 2 amide bonds. The van der Waals surface area contributed by atoms with Crippen LogP contribution in [0.3, 0.4) is 0 Å². The first kappa shape index (κ1) is 33.0. The van der Waals surface area contributed by atoms with Crippen LogP contribution in [0, 0.1) is 0 Å². The minimum absolute atomic E-state index is 0.0311. The van der Waals surface area contributed by atoms with Gasteiger partial charge in [0.2, 0.25) is 5.91 Å². The van der Waals surface area contributed by atoms with Crippen molar-refractivity contribution in [3.63, 3.8) is 0 Å². The van der Waals surface area contributed by atoms with Gasteiger partial charge >= 0.3 is 5.97 Å². The minimum atomic E-state index is -1.28. The zero-order chi connectivity index (χ0) is 30.9. The van der Waals surface area contributed by atoms with Crippen LogP contribution in [0.25, 0.3) is 0 Å². The number of carbonyl (C=O) groups excluding carboxylic acids is 3. The van der Waals surface area contributed by atoms with Gasteiger partial charge in [-0.3, -0.25) is 9.59 Å². The Kier molecular flexibility index (Phi) is 13.9. The first-order valence-corrected chi connectivity index (χ1v) is 14.4. The zero-order valence-electron chi connectivity index (χ0n) is 23.7. The smallest absolute Gasteiger partial charge is 0.326 e. The monoisotopic (exact) mass is 605 g/mol. The highest BCUT2D eigenvalue weighted by Gasteiger charge is 2.28. The van der Waals surface area contributed by atoms with Crippen LogP contribution in [0.15, 0.2) is 91.0 Å². The van der Waals surface area contributed by atoms with Crippen molar-refractivity contribution in [1.82, 2.24) is 16.0 Å². The molecule has 0 radical (unpaired) electrons. The first-order chi connectivity index (χ1) is 20.9. The van der Waals surface area contributed by atoms with E-state index in [1.54, 1.807) is 30.3 Å². The van der Waals surface area contributed by atoms with Crippen molar-refractivity contribution in [2.45, 2.75) is 37.8 Å². The van der Waals surface area contributed by atoms with Gasteiger partial charge in [-0.1, -0.05) is 84.4 Å². The summed E-state index contributed by atoms with van der Waals surface area (Å²) >= 11 is 6.18. The van der Waals surface area contributed by atoms with E-state index in [2.05, 4.69) is 28.1 Å². The molecule has 0 heterocycles. The van der Waals surface area contributed by atoms with Crippen LogP contribution in [-0.4, -0.2) is 61.0 Å². The molecule has 10 heteroatoms. The Balaban J connectivity index is 1.63. The van der Waals surface area contributed by atoms with Crippen LogP contribution in [0.5, 0.6) is 5.75 Å². The van der Waals surface area contributed by atoms with Crippen molar-refractivity contribution in [2.75, 3.05) is 19.7 Å². The van der Waals surface area contributed by atoms with Gasteiger partial charge in [0.1, 0.15) is 30.7 Å². The van der Waals surface area contributed by atoms with Crippen molar-refractivity contribution in [2.24, 2.45) is 0 Å². The van der Waals surface area contributed by atoms with E-state index in [0.29, 0.717) is 17.9 Å². The fraction of sp³-hybridized carbons (Fsp3) is 0.273. The number of amides is 2. The van der Waals surface area contributed by atoms with Gasteiger partial charge in [-0.15, -0.1) is 0 Å². The lowest BCUT2D eigenvalue weighted by atomic mass is 10.0. The van der Waals surface area contributed by atoms with Crippen LogP contribution in [0.1, 0.15) is 34.3 Å². The summed E-state index contributed by atoms with van der Waals surface area (Å²) in [6.45, 7) is 1.67. The second kappa shape index (κ2) is 18.1. The first-order valence-electron chi connectivity index (χ1n) is 14.0. The predicted octanol–water partition coefficient (Wildman–Crippen LogP) is 4.00. The summed E-state index contributed by atoms with van der Waals surface area (Å²) in [7, 11) is 0. The van der Waals surface area contributed by atoms with Crippen LogP contribution >= 0.6 is 11.6 Å². The maximum absolute atomic E-state index is 13.4. The lowest BCUT2D eigenvalue weighted by Gasteiger charge is -2.22. The quantitative estimate of drug-likeness (QED) is 0.0978. The lowest BCUT2D eigenvalue weighted by Crippen LogP contribution is -2.52. The largest absolute Gasteiger partial charge is 0.489 e. The number of carboxylic acid groups (broad SMARTS) is 1. The zero-order valence-corrected chi connectivity index (χ0v) is 24.5. The normalized spacial score (nSPS) is 12.3. The molecule has 9 nitrogen and oxygen atoms in total. The van der Waals surface area contributed by atoms with Crippen molar-refractivity contribution >= 4 is 35.7 Å². The van der Waals surface area contributed by atoms with Gasteiger partial charge in [-0.05, 0) is 48.7 Å². The second-order valence-corrected chi connectivity index (χ2v) is 10.2. The number of carboxylic acids is 1. The molecule has 0 bridgehead atoms. The third kappa shape index (κ3) is 11.7. The predicted molar refractivity (Wildman–Crippen MR) is 165 cm³/mol. The molecule has 0 aliphatic carbocycles. The Morgan fingerprint density at radius 2 is 1.58 bits per heavy atom. The van der Waals surface area contributed by atoms with Crippen LogP contribution < -0.4 is 20.7 Å². The van der Waals surface area contributed by atoms with E-state index in [0.717, 1.165) is 18.5 Å². The Labute approximate surface area is 256 Å². The fourth-order valence-corrected chi connectivity index (χ4v) is 4.38. The van der Waals surface area contributed by atoms with Crippen molar-refractivity contribution < 1.29 is 29.0 Å². The Hall–Kier alpha value is -4.47. The van der Waals surface area contributed by atoms with E-state index in [9.17, 15) is 24.3 Å². The number of rotatable bonds is 18. The maximum Gasteiger partial charge on any atom is 0.326 e. The van der Waals surface area contributed by atoms with E-state index < -0.39 is 29.9 Å². The summed E-state index contributed by atoms with van der Waals surface area (Å²) in [6.07, 6.45) is 5.28. The van der Waals surface area contributed by atoms with Crippen LogP contribution in [-0.2, 0) is 27.2 Å². The average molecular weight is 606 g/mol. The van der Waals surface area contributed by atoms with Crippen molar-refractivity contribution in [3.05, 3.63) is 113 Å². The molecule has 3 aromatic carbocycles. The molecule has 2 atom stereocenters. The van der Waals surface area contributed by atoms with Gasteiger partial charge in [-0.2, -0.15) is 0 Å². The number of hydrogen-bond acceptors (Lipinski definition) is 6. The number of hydrogen-bond donors (Lipinski definition) is 4. The standard InChI is InChI=1S/C33H36ClN3O6/c34-26-15-16-27(30(23-26)43-21-8-7-18-35-19-17-24-10-3-1-4-11-24)31(39)37-29(22-25-12-5-2-6-13-25)32(40)36-28(33(41)42)14-9-20-38/h1-8,10-13,15-16,20,23,28-29,35H,9,14,17-19,21-22H2,(H,36,40)(H,37,39)(H,41,42). The summed E-state index contributed by atoms with van der Waals surface area (Å²) in [5.74, 6) is -2.31. The summed E-state index contributed by atoms with van der Waals surface area (Å²) in [6, 6.07) is 21.4. The molecule has 3 aromatic rings.